The molecule has 150 valence electrons. The first kappa shape index (κ1) is 20.2. The van der Waals surface area contributed by atoms with Crippen LogP contribution < -0.4 is 5.32 Å². The fourth-order valence-corrected chi connectivity index (χ4v) is 4.75. The molecule has 1 aliphatic heterocycles. The highest BCUT2D eigenvalue weighted by atomic mass is 32.2. The monoisotopic (exact) mass is 405 g/mol. The first-order chi connectivity index (χ1) is 13.2. The van der Waals surface area contributed by atoms with Crippen molar-refractivity contribution in [3.63, 3.8) is 0 Å². The number of Topliss-reactive ketones (excluding diaryl/α,β-unsaturated/α-hetero) is 1. The van der Waals surface area contributed by atoms with Crippen molar-refractivity contribution in [2.45, 2.75) is 25.7 Å². The number of amides is 1. The second-order valence-corrected chi connectivity index (χ2v) is 8.61. The van der Waals surface area contributed by atoms with E-state index in [1.165, 1.54) is 23.4 Å². The van der Waals surface area contributed by atoms with Gasteiger partial charge in [-0.15, -0.1) is 0 Å². The first-order valence-corrected chi connectivity index (χ1v) is 10.3. The Labute approximate surface area is 163 Å². The van der Waals surface area contributed by atoms with Gasteiger partial charge in [-0.1, -0.05) is 0 Å². The summed E-state index contributed by atoms with van der Waals surface area (Å²) < 4.78 is 31.9. The Balaban J connectivity index is 1.77. The maximum absolute atomic E-state index is 12.6. The van der Waals surface area contributed by atoms with Crippen LogP contribution in [0.25, 0.3) is 0 Å². The first-order valence-electron chi connectivity index (χ1n) is 8.91. The Morgan fingerprint density at radius 2 is 1.71 bits per heavy atom. The van der Waals surface area contributed by atoms with Crippen molar-refractivity contribution in [3.8, 4) is 0 Å². The Morgan fingerprint density at radius 3 is 2.25 bits per heavy atom. The fraction of sp³-hybridized carbons (Fsp3) is 0.368. The van der Waals surface area contributed by atoms with Crippen molar-refractivity contribution in [1.82, 2.24) is 9.29 Å². The minimum Gasteiger partial charge on any atom is -0.379 e. The SMILES string of the molecule is CC(=O)c1c(C)[nH]c(C(=O)Nc2ccc(S(=O)(=O)N3CCOCC3)cc2)c1C. The van der Waals surface area contributed by atoms with Crippen molar-refractivity contribution in [1.29, 1.82) is 0 Å². The zero-order chi connectivity index (χ0) is 20.5. The van der Waals surface area contributed by atoms with E-state index >= 15 is 0 Å². The third kappa shape index (κ3) is 3.87. The van der Waals surface area contributed by atoms with Crippen LogP contribution in [-0.4, -0.2) is 55.7 Å². The van der Waals surface area contributed by atoms with Crippen molar-refractivity contribution >= 4 is 27.4 Å². The Bertz CT molecular complexity index is 1000. The van der Waals surface area contributed by atoms with Crippen molar-refractivity contribution in [3.05, 3.63) is 46.8 Å². The minimum atomic E-state index is -3.58. The maximum Gasteiger partial charge on any atom is 0.272 e. The van der Waals surface area contributed by atoms with E-state index in [0.717, 1.165) is 0 Å². The van der Waals surface area contributed by atoms with Crippen LogP contribution >= 0.6 is 0 Å². The smallest absolute Gasteiger partial charge is 0.272 e. The van der Waals surface area contributed by atoms with Gasteiger partial charge in [0.15, 0.2) is 5.78 Å². The molecule has 3 rings (SSSR count). The summed E-state index contributed by atoms with van der Waals surface area (Å²) >= 11 is 0. The summed E-state index contributed by atoms with van der Waals surface area (Å²) in [7, 11) is -3.58. The van der Waals surface area contributed by atoms with Gasteiger partial charge in [-0.25, -0.2) is 8.42 Å². The Kier molecular flexibility index (Phi) is 5.69. The van der Waals surface area contributed by atoms with Gasteiger partial charge in [0, 0.05) is 30.0 Å². The topological polar surface area (TPSA) is 109 Å². The predicted molar refractivity (Wildman–Crippen MR) is 104 cm³/mol. The number of nitrogens with zero attached hydrogens (tertiary/aromatic N) is 1. The molecule has 1 aromatic heterocycles. The molecule has 0 unspecified atom stereocenters. The summed E-state index contributed by atoms with van der Waals surface area (Å²) in [4.78, 5) is 27.4. The average Bonchev–Trinajstić information content (AvgIpc) is 2.97. The number of morpholine rings is 1. The predicted octanol–water partition coefficient (Wildman–Crippen LogP) is 2.11. The quantitative estimate of drug-likeness (QED) is 0.741. The third-order valence-corrected chi connectivity index (χ3v) is 6.65. The third-order valence-electron chi connectivity index (χ3n) is 4.74. The van der Waals surface area contributed by atoms with E-state index < -0.39 is 15.9 Å². The molecule has 8 nitrogen and oxygen atoms in total. The molecule has 1 aromatic carbocycles. The molecule has 0 radical (unpaired) electrons. The van der Waals surface area contributed by atoms with Crippen LogP contribution in [0.4, 0.5) is 5.69 Å². The number of carbonyl (C=O) groups excluding carboxylic acids is 2. The molecule has 0 spiro atoms. The van der Waals surface area contributed by atoms with E-state index in [4.69, 9.17) is 4.74 Å². The molecule has 1 saturated heterocycles. The Hall–Kier alpha value is -2.49. The van der Waals surface area contributed by atoms with Gasteiger partial charge in [0.05, 0.1) is 18.1 Å². The summed E-state index contributed by atoms with van der Waals surface area (Å²) in [5.74, 6) is -0.500. The Morgan fingerprint density at radius 1 is 1.11 bits per heavy atom. The van der Waals surface area contributed by atoms with Crippen molar-refractivity contribution in [2.75, 3.05) is 31.6 Å². The highest BCUT2D eigenvalue weighted by molar-refractivity contribution is 7.89. The second kappa shape index (κ2) is 7.86. The second-order valence-electron chi connectivity index (χ2n) is 6.68. The number of H-pyrrole nitrogens is 1. The molecule has 1 aliphatic rings. The summed E-state index contributed by atoms with van der Waals surface area (Å²) in [6.45, 7) is 6.32. The van der Waals surface area contributed by atoms with Crippen LogP contribution in [-0.2, 0) is 14.8 Å². The van der Waals surface area contributed by atoms with Gasteiger partial charge in [0.2, 0.25) is 10.0 Å². The number of anilines is 1. The lowest BCUT2D eigenvalue weighted by molar-refractivity contribution is 0.0730. The number of hydrogen-bond acceptors (Lipinski definition) is 5. The van der Waals surface area contributed by atoms with E-state index in [-0.39, 0.29) is 10.7 Å². The van der Waals surface area contributed by atoms with Crippen LogP contribution in [0.3, 0.4) is 0 Å². The number of rotatable bonds is 5. The molecule has 1 amide bonds. The number of carbonyl (C=O) groups is 2. The molecule has 0 atom stereocenters. The number of sulfonamides is 1. The number of hydrogen-bond donors (Lipinski definition) is 2. The summed E-state index contributed by atoms with van der Waals surface area (Å²) in [6.07, 6.45) is 0. The standard InChI is InChI=1S/C19H23N3O5S/c1-12-17(14(3)23)13(2)20-18(12)19(24)21-15-4-6-16(7-5-15)28(25,26)22-8-10-27-11-9-22/h4-7,20H,8-11H2,1-3H3,(H,21,24). The van der Waals surface area contributed by atoms with E-state index in [0.29, 0.717) is 54.5 Å². The molecule has 28 heavy (non-hydrogen) atoms. The normalized spacial score (nSPS) is 15.4. The zero-order valence-corrected chi connectivity index (χ0v) is 16.9. The average molecular weight is 405 g/mol. The highest BCUT2D eigenvalue weighted by Gasteiger charge is 2.26. The summed E-state index contributed by atoms with van der Waals surface area (Å²) in [5.41, 5.74) is 2.52. The molecular formula is C19H23N3O5S. The van der Waals surface area contributed by atoms with E-state index in [9.17, 15) is 18.0 Å². The van der Waals surface area contributed by atoms with Gasteiger partial charge in [-0.3, -0.25) is 9.59 Å². The van der Waals surface area contributed by atoms with Crippen LogP contribution in [0.15, 0.2) is 29.2 Å². The minimum absolute atomic E-state index is 0.108. The molecule has 0 aliphatic carbocycles. The molecule has 0 bridgehead atoms. The molecule has 2 heterocycles. The fourth-order valence-electron chi connectivity index (χ4n) is 3.35. The van der Waals surface area contributed by atoms with Crippen LogP contribution in [0, 0.1) is 13.8 Å². The van der Waals surface area contributed by atoms with Crippen LogP contribution in [0.1, 0.15) is 39.0 Å². The number of aryl methyl sites for hydroxylation is 1. The number of nitrogens with one attached hydrogen (secondary N) is 2. The molecular weight excluding hydrogens is 382 g/mol. The van der Waals surface area contributed by atoms with E-state index in [2.05, 4.69) is 10.3 Å². The highest BCUT2D eigenvalue weighted by Crippen LogP contribution is 2.22. The molecule has 2 N–H and O–H groups in total. The van der Waals surface area contributed by atoms with Crippen molar-refractivity contribution in [2.24, 2.45) is 0 Å². The molecule has 9 heteroatoms. The van der Waals surface area contributed by atoms with Gasteiger partial charge in [-0.2, -0.15) is 4.31 Å². The van der Waals surface area contributed by atoms with Gasteiger partial charge >= 0.3 is 0 Å². The maximum atomic E-state index is 12.6. The van der Waals surface area contributed by atoms with Crippen LogP contribution in [0.5, 0.6) is 0 Å². The lowest BCUT2D eigenvalue weighted by Crippen LogP contribution is -2.40. The van der Waals surface area contributed by atoms with E-state index in [1.807, 2.05) is 0 Å². The number of aromatic nitrogens is 1. The summed E-state index contributed by atoms with van der Waals surface area (Å²) in [6, 6.07) is 6.02. The molecule has 1 fully saturated rings. The lowest BCUT2D eigenvalue weighted by atomic mass is 10.1. The van der Waals surface area contributed by atoms with Gasteiger partial charge in [-0.05, 0) is 50.6 Å². The van der Waals surface area contributed by atoms with E-state index in [1.54, 1.807) is 26.0 Å². The molecule has 0 saturated carbocycles. The molecule has 2 aromatic rings. The zero-order valence-electron chi connectivity index (χ0n) is 16.0. The summed E-state index contributed by atoms with van der Waals surface area (Å²) in [5, 5.41) is 2.73. The number of aromatic amines is 1. The lowest BCUT2D eigenvalue weighted by Gasteiger charge is -2.26. The van der Waals surface area contributed by atoms with Crippen LogP contribution in [0.2, 0.25) is 0 Å². The van der Waals surface area contributed by atoms with Gasteiger partial charge < -0.3 is 15.0 Å². The largest absolute Gasteiger partial charge is 0.379 e. The van der Waals surface area contributed by atoms with Crippen molar-refractivity contribution < 1.29 is 22.7 Å². The van der Waals surface area contributed by atoms with Gasteiger partial charge in [0.25, 0.3) is 5.91 Å². The number of ether oxygens (including phenoxy) is 1. The van der Waals surface area contributed by atoms with Gasteiger partial charge in [0.1, 0.15) is 5.69 Å². The number of benzene rings is 1. The number of ketones is 1.